The number of rotatable bonds is 2. The average Bonchev–Trinajstić information content (AvgIpc) is 2.74. The number of nitrogens with one attached hydrogen (secondary N) is 2. The highest BCUT2D eigenvalue weighted by Crippen LogP contribution is 2.35. The second-order valence-electron chi connectivity index (χ2n) is 6.79. The Kier molecular flexibility index (Phi) is 6.38. The molecule has 10 heteroatoms. The van der Waals surface area contributed by atoms with Gasteiger partial charge in [0.1, 0.15) is 24.5 Å². The Bertz CT molecular complexity index is 1050. The summed E-state index contributed by atoms with van der Waals surface area (Å²) in [5, 5.41) is 6.88. The first kappa shape index (κ1) is 21.1. The van der Waals surface area contributed by atoms with Crippen LogP contribution >= 0.6 is 0 Å². The Balaban J connectivity index is 1.66. The third-order valence-corrected chi connectivity index (χ3v) is 4.61. The molecule has 4 rings (SSSR count). The minimum Gasteiger partial charge on any atom is -0.489 e. The molecule has 31 heavy (non-hydrogen) atoms. The van der Waals surface area contributed by atoms with E-state index < -0.39 is 11.7 Å². The van der Waals surface area contributed by atoms with Crippen LogP contribution in [0.5, 0.6) is 5.75 Å². The van der Waals surface area contributed by atoms with Gasteiger partial charge in [0.05, 0.1) is 43.2 Å². The van der Waals surface area contributed by atoms with E-state index in [9.17, 15) is 13.2 Å². The lowest BCUT2D eigenvalue weighted by Crippen LogP contribution is -2.17. The molecule has 1 aromatic heterocycles. The molecule has 2 N–H and O–H groups in total. The molecule has 164 valence electrons. The summed E-state index contributed by atoms with van der Waals surface area (Å²) in [4.78, 5) is 8.51. The summed E-state index contributed by atoms with van der Waals surface area (Å²) in [5.41, 5.74) is 0.836. The van der Waals surface area contributed by atoms with Crippen LogP contribution < -0.4 is 15.4 Å². The number of aromatic nitrogens is 2. The Labute approximate surface area is 176 Å². The maximum atomic E-state index is 13.0. The van der Waals surface area contributed by atoms with E-state index in [1.165, 1.54) is 12.4 Å². The number of hydrogen-bond donors (Lipinski definition) is 2. The van der Waals surface area contributed by atoms with Crippen molar-refractivity contribution in [2.45, 2.75) is 6.18 Å². The SMILES string of the molecule is FC(F)(F)c1cccc(Nc2ncnc3cc4c(cc23)NCCOCCOCCO4)c1. The van der Waals surface area contributed by atoms with Crippen LogP contribution in [-0.4, -0.2) is 49.5 Å². The van der Waals surface area contributed by atoms with E-state index in [-0.39, 0.29) is 5.69 Å². The summed E-state index contributed by atoms with van der Waals surface area (Å²) in [6.45, 7) is 2.83. The zero-order valence-corrected chi connectivity index (χ0v) is 16.5. The molecule has 2 aromatic carbocycles. The molecule has 0 saturated heterocycles. The lowest BCUT2D eigenvalue weighted by Gasteiger charge is -2.17. The van der Waals surface area contributed by atoms with Crippen LogP contribution in [0.2, 0.25) is 0 Å². The van der Waals surface area contributed by atoms with Crippen LogP contribution in [0.25, 0.3) is 10.9 Å². The fourth-order valence-electron chi connectivity index (χ4n) is 3.14. The number of ether oxygens (including phenoxy) is 3. The standard InChI is InChI=1S/C21H21F3N4O3/c22-21(23,24)14-2-1-3-15(10-14)28-20-16-11-18-19(12-17(16)26-13-27-20)31-9-8-30-7-6-29-5-4-25-18/h1-3,10-13,25H,4-9H2,(H,26,27,28). The van der Waals surface area contributed by atoms with Crippen molar-refractivity contribution in [1.82, 2.24) is 9.97 Å². The van der Waals surface area contributed by atoms with E-state index in [0.29, 0.717) is 67.7 Å². The van der Waals surface area contributed by atoms with Crippen molar-refractivity contribution in [2.24, 2.45) is 0 Å². The average molecular weight is 434 g/mol. The quantitative estimate of drug-likeness (QED) is 0.625. The number of nitrogens with zero attached hydrogens (tertiary/aromatic N) is 2. The Morgan fingerprint density at radius 1 is 0.935 bits per heavy atom. The molecule has 0 amide bonds. The van der Waals surface area contributed by atoms with E-state index in [4.69, 9.17) is 14.2 Å². The van der Waals surface area contributed by atoms with Gasteiger partial charge in [-0.25, -0.2) is 9.97 Å². The van der Waals surface area contributed by atoms with Gasteiger partial charge in [0.25, 0.3) is 0 Å². The molecule has 0 spiro atoms. The van der Waals surface area contributed by atoms with E-state index >= 15 is 0 Å². The van der Waals surface area contributed by atoms with Crippen molar-refractivity contribution in [3.8, 4) is 5.75 Å². The van der Waals surface area contributed by atoms with Crippen LogP contribution in [0.15, 0.2) is 42.7 Å². The van der Waals surface area contributed by atoms with Crippen LogP contribution in [0.1, 0.15) is 5.56 Å². The van der Waals surface area contributed by atoms with Crippen molar-refractivity contribution in [3.05, 3.63) is 48.3 Å². The highest BCUT2D eigenvalue weighted by atomic mass is 19.4. The molecule has 3 aromatic rings. The highest BCUT2D eigenvalue weighted by molar-refractivity contribution is 5.94. The zero-order chi connectivity index (χ0) is 21.7. The maximum Gasteiger partial charge on any atom is 0.416 e. The molecule has 0 aliphatic carbocycles. The molecule has 1 aliphatic rings. The van der Waals surface area contributed by atoms with Crippen LogP contribution in [-0.2, 0) is 15.7 Å². The van der Waals surface area contributed by atoms with Gasteiger partial charge in [-0.2, -0.15) is 13.2 Å². The summed E-state index contributed by atoms with van der Waals surface area (Å²) < 4.78 is 55.9. The molecular formula is C21H21F3N4O3. The normalized spacial score (nSPS) is 15.7. The third kappa shape index (κ3) is 5.33. The van der Waals surface area contributed by atoms with Crippen molar-refractivity contribution in [1.29, 1.82) is 0 Å². The lowest BCUT2D eigenvalue weighted by atomic mass is 10.1. The largest absolute Gasteiger partial charge is 0.489 e. The maximum absolute atomic E-state index is 13.0. The molecule has 0 unspecified atom stereocenters. The first-order valence-electron chi connectivity index (χ1n) is 9.76. The van der Waals surface area contributed by atoms with Crippen molar-refractivity contribution in [3.63, 3.8) is 0 Å². The van der Waals surface area contributed by atoms with Gasteiger partial charge in [0.15, 0.2) is 0 Å². The third-order valence-electron chi connectivity index (χ3n) is 4.61. The first-order valence-corrected chi connectivity index (χ1v) is 9.76. The van der Waals surface area contributed by atoms with E-state index in [0.717, 1.165) is 12.1 Å². The lowest BCUT2D eigenvalue weighted by molar-refractivity contribution is -0.137. The van der Waals surface area contributed by atoms with E-state index in [1.807, 2.05) is 6.07 Å². The van der Waals surface area contributed by atoms with Gasteiger partial charge in [-0.05, 0) is 24.3 Å². The van der Waals surface area contributed by atoms with E-state index in [1.54, 1.807) is 12.1 Å². The molecule has 0 radical (unpaired) electrons. The van der Waals surface area contributed by atoms with Crippen LogP contribution in [0.4, 0.5) is 30.4 Å². The molecule has 0 saturated carbocycles. The monoisotopic (exact) mass is 434 g/mol. The number of benzene rings is 2. The summed E-state index contributed by atoms with van der Waals surface area (Å²) in [5.74, 6) is 0.986. The van der Waals surface area contributed by atoms with Crippen LogP contribution in [0, 0.1) is 0 Å². The fourth-order valence-corrected chi connectivity index (χ4v) is 3.14. The predicted molar refractivity (Wildman–Crippen MR) is 110 cm³/mol. The molecule has 7 nitrogen and oxygen atoms in total. The molecule has 0 atom stereocenters. The molecular weight excluding hydrogens is 413 g/mol. The van der Waals surface area contributed by atoms with E-state index in [2.05, 4.69) is 20.6 Å². The Morgan fingerprint density at radius 3 is 2.58 bits per heavy atom. The minimum absolute atomic E-state index is 0.275. The topological polar surface area (TPSA) is 77.5 Å². The number of fused-ring (bicyclic) bond motifs is 2. The van der Waals surface area contributed by atoms with Gasteiger partial charge in [0, 0.05) is 23.7 Å². The Morgan fingerprint density at radius 2 is 1.74 bits per heavy atom. The van der Waals surface area contributed by atoms with Crippen molar-refractivity contribution < 1.29 is 27.4 Å². The summed E-state index contributed by atoms with van der Waals surface area (Å²) >= 11 is 0. The fraction of sp³-hybridized carbons (Fsp3) is 0.333. The van der Waals surface area contributed by atoms with Crippen LogP contribution in [0.3, 0.4) is 0 Å². The summed E-state index contributed by atoms with van der Waals surface area (Å²) in [6, 6.07) is 8.54. The van der Waals surface area contributed by atoms with Gasteiger partial charge < -0.3 is 24.8 Å². The number of anilines is 3. The second-order valence-corrected chi connectivity index (χ2v) is 6.79. The molecule has 0 bridgehead atoms. The zero-order valence-electron chi connectivity index (χ0n) is 16.5. The second kappa shape index (κ2) is 9.36. The van der Waals surface area contributed by atoms with Gasteiger partial charge in [0.2, 0.25) is 0 Å². The number of halogens is 3. The Hall–Kier alpha value is -3.11. The van der Waals surface area contributed by atoms with Gasteiger partial charge in [-0.3, -0.25) is 0 Å². The molecule has 0 fully saturated rings. The molecule has 2 heterocycles. The van der Waals surface area contributed by atoms with Crippen molar-refractivity contribution in [2.75, 3.05) is 50.2 Å². The predicted octanol–water partition coefficient (Wildman–Crippen LogP) is 4.23. The van der Waals surface area contributed by atoms with Gasteiger partial charge in [-0.15, -0.1) is 0 Å². The number of alkyl halides is 3. The summed E-state index contributed by atoms with van der Waals surface area (Å²) in [7, 11) is 0. The smallest absolute Gasteiger partial charge is 0.416 e. The van der Waals surface area contributed by atoms with Crippen molar-refractivity contribution >= 4 is 28.1 Å². The first-order chi connectivity index (χ1) is 15.0. The van der Waals surface area contributed by atoms with Gasteiger partial charge in [-0.1, -0.05) is 6.07 Å². The molecule has 1 aliphatic heterocycles. The van der Waals surface area contributed by atoms with Gasteiger partial charge >= 0.3 is 6.18 Å². The number of hydrogen-bond acceptors (Lipinski definition) is 7. The minimum atomic E-state index is -4.43. The highest BCUT2D eigenvalue weighted by Gasteiger charge is 2.30. The summed E-state index contributed by atoms with van der Waals surface area (Å²) in [6.07, 6.45) is -3.08.